The van der Waals surface area contributed by atoms with E-state index < -0.39 is 0 Å². The molecule has 1 aromatic heterocycles. The molecule has 0 N–H and O–H groups in total. The minimum Gasteiger partial charge on any atom is -0.457 e. The number of esters is 1. The van der Waals surface area contributed by atoms with E-state index in [1.807, 2.05) is 50.1 Å². The number of rotatable bonds is 6. The number of aromatic nitrogens is 1. The van der Waals surface area contributed by atoms with Crippen LogP contribution in [0.1, 0.15) is 34.0 Å². The van der Waals surface area contributed by atoms with E-state index in [1.165, 1.54) is 0 Å². The van der Waals surface area contributed by atoms with Crippen molar-refractivity contribution in [3.05, 3.63) is 58.9 Å². The highest BCUT2D eigenvalue weighted by atomic mass is 16.5. The number of aliphatic imine (C=N–C) groups is 1. The number of benzene rings is 1. The van der Waals surface area contributed by atoms with Gasteiger partial charge < -0.3 is 9.64 Å². The van der Waals surface area contributed by atoms with E-state index in [4.69, 9.17) is 4.74 Å². The molecule has 0 amide bonds. The maximum absolute atomic E-state index is 12.3. The Morgan fingerprint density at radius 1 is 1.25 bits per heavy atom. The van der Waals surface area contributed by atoms with E-state index in [0.29, 0.717) is 5.56 Å². The predicted molar refractivity (Wildman–Crippen MR) is 95.7 cm³/mol. The van der Waals surface area contributed by atoms with Crippen molar-refractivity contribution in [2.24, 2.45) is 4.99 Å². The van der Waals surface area contributed by atoms with Crippen molar-refractivity contribution in [1.29, 1.82) is 0 Å². The lowest BCUT2D eigenvalue weighted by Crippen LogP contribution is -2.14. The molecule has 0 radical (unpaired) electrons. The van der Waals surface area contributed by atoms with E-state index in [-0.39, 0.29) is 12.6 Å². The fraction of sp³-hybridized carbons (Fsp3) is 0.316. The number of carbonyl (C=O) groups is 1. The smallest absolute Gasteiger partial charge is 0.338 e. The lowest BCUT2D eigenvalue weighted by molar-refractivity contribution is 0.0471. The second-order valence-corrected chi connectivity index (χ2v) is 5.70. The number of pyridine rings is 1. The van der Waals surface area contributed by atoms with Crippen molar-refractivity contribution >= 4 is 18.0 Å². The van der Waals surface area contributed by atoms with Crippen molar-refractivity contribution in [3.8, 4) is 0 Å². The van der Waals surface area contributed by atoms with Crippen LogP contribution in [0.3, 0.4) is 0 Å². The van der Waals surface area contributed by atoms with Crippen molar-refractivity contribution in [2.45, 2.75) is 27.4 Å². The fourth-order valence-corrected chi connectivity index (χ4v) is 2.11. The van der Waals surface area contributed by atoms with Crippen LogP contribution >= 0.6 is 0 Å². The highest BCUT2D eigenvalue weighted by Gasteiger charge is 2.13. The van der Waals surface area contributed by atoms with Crippen molar-refractivity contribution in [1.82, 2.24) is 9.88 Å². The average Bonchev–Trinajstić information content (AvgIpc) is 2.60. The van der Waals surface area contributed by atoms with Gasteiger partial charge in [0.2, 0.25) is 0 Å². The first-order valence-electron chi connectivity index (χ1n) is 7.93. The topological polar surface area (TPSA) is 54.8 Å². The first kappa shape index (κ1) is 17.7. The van der Waals surface area contributed by atoms with Crippen LogP contribution in [0.25, 0.3) is 0 Å². The molecule has 24 heavy (non-hydrogen) atoms. The lowest BCUT2D eigenvalue weighted by Gasteiger charge is -2.12. The summed E-state index contributed by atoms with van der Waals surface area (Å²) >= 11 is 0. The van der Waals surface area contributed by atoms with E-state index in [9.17, 15) is 4.79 Å². The van der Waals surface area contributed by atoms with E-state index >= 15 is 0 Å². The number of hydrogen-bond donors (Lipinski definition) is 0. The second-order valence-electron chi connectivity index (χ2n) is 5.70. The Balaban J connectivity index is 2.11. The molecule has 1 aromatic carbocycles. The largest absolute Gasteiger partial charge is 0.457 e. The van der Waals surface area contributed by atoms with Crippen molar-refractivity contribution in [2.75, 3.05) is 13.6 Å². The maximum atomic E-state index is 12.3. The van der Waals surface area contributed by atoms with Gasteiger partial charge in [-0.05, 0) is 61.7 Å². The van der Waals surface area contributed by atoms with Crippen LogP contribution in [0.4, 0.5) is 5.69 Å². The van der Waals surface area contributed by atoms with Gasteiger partial charge in [-0.25, -0.2) is 9.79 Å². The standard InChI is InChI=1S/C19H23N3O2/c1-5-22(4)13-21-18-11-14(2)17(10-15(18)3)19(23)24-12-16-6-8-20-9-7-16/h6-11,13H,5,12H2,1-4H3. The first-order chi connectivity index (χ1) is 11.5. The molecule has 0 bridgehead atoms. The molecule has 2 rings (SSSR count). The minimum absolute atomic E-state index is 0.237. The zero-order valence-corrected chi connectivity index (χ0v) is 14.6. The Morgan fingerprint density at radius 2 is 1.96 bits per heavy atom. The molecule has 0 saturated heterocycles. The van der Waals surface area contributed by atoms with Gasteiger partial charge >= 0.3 is 5.97 Å². The fourth-order valence-electron chi connectivity index (χ4n) is 2.11. The molecule has 2 aromatic rings. The molecule has 0 aliphatic rings. The van der Waals surface area contributed by atoms with Gasteiger partial charge in [0.25, 0.3) is 0 Å². The lowest BCUT2D eigenvalue weighted by atomic mass is 10.0. The summed E-state index contributed by atoms with van der Waals surface area (Å²) in [5.74, 6) is -0.325. The van der Waals surface area contributed by atoms with Crippen molar-refractivity contribution in [3.63, 3.8) is 0 Å². The minimum atomic E-state index is -0.325. The highest BCUT2D eigenvalue weighted by Crippen LogP contribution is 2.24. The highest BCUT2D eigenvalue weighted by molar-refractivity contribution is 5.92. The van der Waals surface area contributed by atoms with E-state index in [0.717, 1.165) is 28.9 Å². The zero-order valence-electron chi connectivity index (χ0n) is 14.6. The molecule has 126 valence electrons. The molecule has 0 unspecified atom stereocenters. The Morgan fingerprint density at radius 3 is 2.62 bits per heavy atom. The van der Waals surface area contributed by atoms with Crippen LogP contribution in [0.5, 0.6) is 0 Å². The SMILES string of the molecule is CCN(C)C=Nc1cc(C)c(C(=O)OCc2ccncc2)cc1C. The molecule has 0 atom stereocenters. The van der Waals surface area contributed by atoms with Crippen LogP contribution in [-0.2, 0) is 11.3 Å². The van der Waals surface area contributed by atoms with Gasteiger partial charge in [0, 0.05) is 26.0 Å². The number of ether oxygens (including phenoxy) is 1. The van der Waals surface area contributed by atoms with Crippen molar-refractivity contribution < 1.29 is 9.53 Å². The number of hydrogen-bond acceptors (Lipinski definition) is 4. The summed E-state index contributed by atoms with van der Waals surface area (Å²) in [7, 11) is 1.97. The number of nitrogens with zero attached hydrogens (tertiary/aromatic N) is 3. The Kier molecular flexibility index (Phi) is 6.07. The average molecular weight is 325 g/mol. The summed E-state index contributed by atoms with van der Waals surface area (Å²) in [6.45, 7) is 7.02. The summed E-state index contributed by atoms with van der Waals surface area (Å²) in [6.07, 6.45) is 5.15. The van der Waals surface area contributed by atoms with Crippen LogP contribution in [0.15, 0.2) is 41.7 Å². The van der Waals surface area contributed by atoms with Gasteiger partial charge in [0.1, 0.15) is 6.61 Å². The Labute approximate surface area is 143 Å². The monoisotopic (exact) mass is 325 g/mol. The molecule has 0 spiro atoms. The molecule has 0 aliphatic heterocycles. The first-order valence-corrected chi connectivity index (χ1v) is 7.93. The van der Waals surface area contributed by atoms with E-state index in [1.54, 1.807) is 18.7 Å². The van der Waals surface area contributed by atoms with Crippen LogP contribution < -0.4 is 0 Å². The summed E-state index contributed by atoms with van der Waals surface area (Å²) in [5.41, 5.74) is 4.14. The van der Waals surface area contributed by atoms with Crippen LogP contribution in [0.2, 0.25) is 0 Å². The van der Waals surface area contributed by atoms with Gasteiger partial charge in [0.15, 0.2) is 0 Å². The number of aryl methyl sites for hydroxylation is 2. The normalized spacial score (nSPS) is 10.8. The van der Waals surface area contributed by atoms with Crippen LogP contribution in [-0.4, -0.2) is 35.8 Å². The third-order valence-electron chi connectivity index (χ3n) is 3.77. The summed E-state index contributed by atoms with van der Waals surface area (Å²) in [4.78, 5) is 22.7. The van der Waals surface area contributed by atoms with E-state index in [2.05, 4.69) is 16.9 Å². The quantitative estimate of drug-likeness (QED) is 0.462. The summed E-state index contributed by atoms with van der Waals surface area (Å²) in [5, 5.41) is 0. The van der Waals surface area contributed by atoms with Gasteiger partial charge in [-0.3, -0.25) is 4.98 Å². The molecule has 5 nitrogen and oxygen atoms in total. The molecule has 1 heterocycles. The predicted octanol–water partition coefficient (Wildman–Crippen LogP) is 3.67. The number of carbonyl (C=O) groups excluding carboxylic acids is 1. The third-order valence-corrected chi connectivity index (χ3v) is 3.77. The van der Waals surface area contributed by atoms with Crippen LogP contribution in [0, 0.1) is 13.8 Å². The molecule has 0 saturated carbocycles. The molecule has 0 fully saturated rings. The van der Waals surface area contributed by atoms with Gasteiger partial charge in [0.05, 0.1) is 17.6 Å². The maximum Gasteiger partial charge on any atom is 0.338 e. The third kappa shape index (κ3) is 4.65. The summed E-state index contributed by atoms with van der Waals surface area (Å²) < 4.78 is 5.39. The summed E-state index contributed by atoms with van der Waals surface area (Å²) in [6, 6.07) is 7.40. The van der Waals surface area contributed by atoms with Gasteiger partial charge in [-0.2, -0.15) is 0 Å². The van der Waals surface area contributed by atoms with Gasteiger partial charge in [-0.15, -0.1) is 0 Å². The Bertz CT molecular complexity index is 727. The molecule has 5 heteroatoms. The van der Waals surface area contributed by atoms with Gasteiger partial charge in [-0.1, -0.05) is 0 Å². The molecular formula is C19H23N3O2. The molecule has 0 aliphatic carbocycles. The molecular weight excluding hydrogens is 302 g/mol. The second kappa shape index (κ2) is 8.24. The zero-order chi connectivity index (χ0) is 17.5. The Hall–Kier alpha value is -2.69.